The van der Waals surface area contributed by atoms with Crippen LogP contribution in [0.2, 0.25) is 0 Å². The van der Waals surface area contributed by atoms with Gasteiger partial charge in [0.2, 0.25) is 0 Å². The molecule has 2 fully saturated rings. The van der Waals surface area contributed by atoms with Gasteiger partial charge >= 0.3 is 12.1 Å². The molecule has 0 radical (unpaired) electrons. The van der Waals surface area contributed by atoms with Gasteiger partial charge in [0.25, 0.3) is 5.76 Å². The maximum atomic E-state index is 12.7. The van der Waals surface area contributed by atoms with Crippen molar-refractivity contribution in [1.29, 1.82) is 0 Å². The third-order valence-electron chi connectivity index (χ3n) is 5.40. The van der Waals surface area contributed by atoms with Gasteiger partial charge in [-0.15, -0.1) is 0 Å². The van der Waals surface area contributed by atoms with E-state index in [9.17, 15) is 18.4 Å². The van der Waals surface area contributed by atoms with Gasteiger partial charge < -0.3 is 20.9 Å². The fourth-order valence-electron chi connectivity index (χ4n) is 3.85. The van der Waals surface area contributed by atoms with E-state index < -0.39 is 5.76 Å². The predicted molar refractivity (Wildman–Crippen MR) is 110 cm³/mol. The van der Waals surface area contributed by atoms with Gasteiger partial charge in [-0.1, -0.05) is 43.2 Å². The topological polar surface area (TPSA) is 73.5 Å². The minimum absolute atomic E-state index is 0.0318. The lowest BCUT2D eigenvalue weighted by Gasteiger charge is -2.33. The molecule has 1 aromatic carbocycles. The SMILES string of the molecule is O=C(NC1CCCCC1)NC1CCN(C(=O)Nc2ccccc2SC(F)F)CC1. The molecule has 4 amide bonds. The Labute approximate surface area is 174 Å². The summed E-state index contributed by atoms with van der Waals surface area (Å²) in [6, 6.07) is 6.41. The Balaban J connectivity index is 1.43. The molecule has 2 aliphatic rings. The summed E-state index contributed by atoms with van der Waals surface area (Å²) in [6.45, 7) is 1.01. The summed E-state index contributed by atoms with van der Waals surface area (Å²) in [5.41, 5.74) is 0.384. The van der Waals surface area contributed by atoms with Crippen LogP contribution >= 0.6 is 11.8 Å². The lowest BCUT2D eigenvalue weighted by molar-refractivity contribution is 0.186. The molecule has 29 heavy (non-hydrogen) atoms. The predicted octanol–water partition coefficient (Wildman–Crippen LogP) is 4.63. The van der Waals surface area contributed by atoms with Crippen molar-refractivity contribution in [2.45, 2.75) is 67.7 Å². The van der Waals surface area contributed by atoms with Crippen LogP contribution in [0.15, 0.2) is 29.2 Å². The fourth-order valence-corrected chi connectivity index (χ4v) is 4.44. The second-order valence-corrected chi connectivity index (χ2v) is 8.55. The first-order chi connectivity index (χ1) is 14.0. The number of para-hydroxylation sites is 1. The highest BCUT2D eigenvalue weighted by Gasteiger charge is 2.25. The average molecular weight is 427 g/mol. The third kappa shape index (κ3) is 6.76. The number of halogens is 2. The van der Waals surface area contributed by atoms with Crippen LogP contribution in [0.25, 0.3) is 0 Å². The second-order valence-electron chi connectivity index (χ2n) is 7.52. The molecular weight excluding hydrogens is 398 g/mol. The van der Waals surface area contributed by atoms with Crippen LogP contribution in [0.3, 0.4) is 0 Å². The van der Waals surface area contributed by atoms with Crippen LogP contribution in [0, 0.1) is 0 Å². The minimum Gasteiger partial charge on any atom is -0.335 e. The van der Waals surface area contributed by atoms with E-state index in [4.69, 9.17) is 0 Å². The van der Waals surface area contributed by atoms with Gasteiger partial charge in [0, 0.05) is 30.1 Å². The number of nitrogens with zero attached hydrogens (tertiary/aromatic N) is 1. The zero-order chi connectivity index (χ0) is 20.6. The molecule has 1 heterocycles. The highest BCUT2D eigenvalue weighted by Crippen LogP contribution is 2.31. The number of anilines is 1. The van der Waals surface area contributed by atoms with Gasteiger partial charge in [0.1, 0.15) is 0 Å². The number of hydrogen-bond acceptors (Lipinski definition) is 3. The molecule has 1 saturated carbocycles. The molecule has 0 bridgehead atoms. The number of likely N-dealkylation sites (tertiary alicyclic amines) is 1. The normalized spacial score (nSPS) is 18.5. The van der Waals surface area contributed by atoms with Gasteiger partial charge in [0.15, 0.2) is 0 Å². The minimum atomic E-state index is -2.55. The number of alkyl halides is 2. The number of rotatable bonds is 5. The number of amides is 4. The van der Waals surface area contributed by atoms with Crippen molar-refractivity contribution < 1.29 is 18.4 Å². The first-order valence-corrected chi connectivity index (χ1v) is 11.1. The molecule has 160 valence electrons. The standard InChI is InChI=1S/C20H28F2N4O2S/c21-18(22)29-17-9-5-4-8-16(17)25-20(28)26-12-10-15(11-13-26)24-19(27)23-14-6-2-1-3-7-14/h4-5,8-9,14-15,18H,1-3,6-7,10-13H2,(H,25,28)(H2,23,24,27). The van der Waals surface area contributed by atoms with Gasteiger partial charge in [-0.2, -0.15) is 8.78 Å². The van der Waals surface area contributed by atoms with E-state index in [1.807, 2.05) is 0 Å². The van der Waals surface area contributed by atoms with E-state index in [-0.39, 0.29) is 24.1 Å². The largest absolute Gasteiger partial charge is 0.335 e. The molecule has 3 rings (SSSR count). The summed E-state index contributed by atoms with van der Waals surface area (Å²) in [4.78, 5) is 26.7. The highest BCUT2D eigenvalue weighted by atomic mass is 32.2. The Bertz CT molecular complexity index is 693. The summed E-state index contributed by atoms with van der Waals surface area (Å²) < 4.78 is 25.4. The number of carbonyl (C=O) groups is 2. The van der Waals surface area contributed by atoms with Gasteiger partial charge in [-0.3, -0.25) is 0 Å². The van der Waals surface area contributed by atoms with E-state index in [2.05, 4.69) is 16.0 Å². The highest BCUT2D eigenvalue weighted by molar-refractivity contribution is 7.99. The Morgan fingerprint density at radius 3 is 2.24 bits per heavy atom. The van der Waals surface area contributed by atoms with Crippen LogP contribution in [0.1, 0.15) is 44.9 Å². The zero-order valence-electron chi connectivity index (χ0n) is 16.3. The van der Waals surface area contributed by atoms with Crippen LogP contribution in [-0.2, 0) is 0 Å². The molecule has 0 aromatic heterocycles. The number of urea groups is 2. The van der Waals surface area contributed by atoms with Crippen molar-refractivity contribution in [3.63, 3.8) is 0 Å². The summed E-state index contributed by atoms with van der Waals surface area (Å²) in [7, 11) is 0. The average Bonchev–Trinajstić information content (AvgIpc) is 2.70. The Hall–Kier alpha value is -2.03. The Kier molecular flexibility index (Phi) is 7.97. The van der Waals surface area contributed by atoms with Gasteiger partial charge in [-0.05, 0) is 37.8 Å². The van der Waals surface area contributed by atoms with Crippen LogP contribution in [-0.4, -0.2) is 47.9 Å². The number of hydrogen-bond donors (Lipinski definition) is 3. The monoisotopic (exact) mass is 426 g/mol. The van der Waals surface area contributed by atoms with Crippen molar-refractivity contribution in [3.8, 4) is 0 Å². The number of thioether (sulfide) groups is 1. The quantitative estimate of drug-likeness (QED) is 0.601. The molecule has 0 atom stereocenters. The van der Waals surface area contributed by atoms with Crippen molar-refractivity contribution in [2.24, 2.45) is 0 Å². The van der Waals surface area contributed by atoms with Gasteiger partial charge in [0.05, 0.1) is 5.69 Å². The molecular formula is C20H28F2N4O2S. The summed E-state index contributed by atoms with van der Waals surface area (Å²) in [5.74, 6) is -2.55. The Morgan fingerprint density at radius 2 is 1.59 bits per heavy atom. The molecule has 0 spiro atoms. The van der Waals surface area contributed by atoms with Crippen LogP contribution in [0.5, 0.6) is 0 Å². The second kappa shape index (κ2) is 10.7. The summed E-state index contributed by atoms with van der Waals surface area (Å²) >= 11 is 0.414. The van der Waals surface area contributed by atoms with E-state index in [0.29, 0.717) is 48.3 Å². The smallest absolute Gasteiger partial charge is 0.321 e. The van der Waals surface area contributed by atoms with Crippen molar-refractivity contribution in [3.05, 3.63) is 24.3 Å². The lowest BCUT2D eigenvalue weighted by atomic mass is 9.96. The van der Waals surface area contributed by atoms with Crippen LogP contribution in [0.4, 0.5) is 24.1 Å². The van der Waals surface area contributed by atoms with E-state index in [1.54, 1.807) is 29.2 Å². The third-order valence-corrected chi connectivity index (χ3v) is 6.19. The molecule has 0 unspecified atom stereocenters. The van der Waals surface area contributed by atoms with E-state index in [0.717, 1.165) is 25.7 Å². The Morgan fingerprint density at radius 1 is 0.966 bits per heavy atom. The fraction of sp³-hybridized carbons (Fsp3) is 0.600. The lowest BCUT2D eigenvalue weighted by Crippen LogP contribution is -2.51. The molecule has 3 N–H and O–H groups in total. The van der Waals surface area contributed by atoms with Crippen molar-refractivity contribution in [1.82, 2.24) is 15.5 Å². The van der Waals surface area contributed by atoms with E-state index >= 15 is 0 Å². The first-order valence-electron chi connectivity index (χ1n) is 10.2. The molecule has 1 aromatic rings. The maximum Gasteiger partial charge on any atom is 0.321 e. The maximum absolute atomic E-state index is 12.7. The molecule has 1 aliphatic carbocycles. The molecule has 1 aliphatic heterocycles. The van der Waals surface area contributed by atoms with Crippen LogP contribution < -0.4 is 16.0 Å². The summed E-state index contributed by atoms with van der Waals surface area (Å²) in [5, 5.41) is 8.79. The number of benzene rings is 1. The number of nitrogens with one attached hydrogen (secondary N) is 3. The van der Waals surface area contributed by atoms with Crippen molar-refractivity contribution >= 4 is 29.5 Å². The molecule has 6 nitrogen and oxygen atoms in total. The van der Waals surface area contributed by atoms with Gasteiger partial charge in [-0.25, -0.2) is 9.59 Å². The number of carbonyl (C=O) groups excluding carboxylic acids is 2. The first kappa shape index (κ1) is 21.7. The summed E-state index contributed by atoms with van der Waals surface area (Å²) in [6.07, 6.45) is 6.98. The molecule has 9 heteroatoms. The zero-order valence-corrected chi connectivity index (χ0v) is 17.1. The molecule has 1 saturated heterocycles. The van der Waals surface area contributed by atoms with E-state index in [1.165, 1.54) is 6.42 Å². The van der Waals surface area contributed by atoms with Crippen molar-refractivity contribution in [2.75, 3.05) is 18.4 Å². The number of piperidine rings is 1.